The zero-order valence-electron chi connectivity index (χ0n) is 18.4. The number of amides is 1. The van der Waals surface area contributed by atoms with Gasteiger partial charge in [0.05, 0.1) is 11.3 Å². The molecule has 2 aromatic heterocycles. The molecule has 0 spiro atoms. The molecule has 1 aromatic carbocycles. The van der Waals surface area contributed by atoms with Gasteiger partial charge in [-0.05, 0) is 50.2 Å². The number of hydrogen-bond donors (Lipinski definition) is 0. The zero-order chi connectivity index (χ0) is 21.4. The average Bonchev–Trinajstić information content (AvgIpc) is 3.18. The third-order valence-electron chi connectivity index (χ3n) is 6.71. The lowest BCUT2D eigenvalue weighted by Gasteiger charge is -2.37. The van der Waals surface area contributed by atoms with Gasteiger partial charge in [-0.3, -0.25) is 4.79 Å². The number of carbonyl (C=O) groups excluding carboxylic acids is 1. The van der Waals surface area contributed by atoms with Crippen molar-refractivity contribution in [1.29, 1.82) is 0 Å². The van der Waals surface area contributed by atoms with Gasteiger partial charge in [-0.1, -0.05) is 37.3 Å². The number of anilines is 1. The van der Waals surface area contributed by atoms with Crippen LogP contribution in [0.3, 0.4) is 0 Å². The molecule has 1 amide bonds. The van der Waals surface area contributed by atoms with Crippen LogP contribution in [0.2, 0.25) is 0 Å². The summed E-state index contributed by atoms with van der Waals surface area (Å²) in [5, 5.41) is 1.28. The van der Waals surface area contributed by atoms with E-state index in [0.29, 0.717) is 0 Å². The summed E-state index contributed by atoms with van der Waals surface area (Å²) in [6.07, 6.45) is 5.68. The second-order valence-corrected chi connectivity index (χ2v) is 9.75. The van der Waals surface area contributed by atoms with Gasteiger partial charge in [-0.15, -0.1) is 11.3 Å². The van der Waals surface area contributed by atoms with Gasteiger partial charge in [0.15, 0.2) is 0 Å². The van der Waals surface area contributed by atoms with Crippen molar-refractivity contribution < 1.29 is 4.79 Å². The van der Waals surface area contributed by atoms with Crippen LogP contribution in [0.1, 0.15) is 53.9 Å². The highest BCUT2D eigenvalue weighted by atomic mass is 32.1. The maximum atomic E-state index is 13.3. The van der Waals surface area contributed by atoms with Gasteiger partial charge in [0, 0.05) is 31.1 Å². The molecule has 1 saturated heterocycles. The summed E-state index contributed by atoms with van der Waals surface area (Å²) < 4.78 is 0. The van der Waals surface area contributed by atoms with Crippen LogP contribution in [0, 0.1) is 6.92 Å². The van der Waals surface area contributed by atoms with Gasteiger partial charge >= 0.3 is 0 Å². The van der Waals surface area contributed by atoms with Crippen molar-refractivity contribution in [3.05, 3.63) is 52.2 Å². The largest absolute Gasteiger partial charge is 0.352 e. The van der Waals surface area contributed by atoms with Crippen LogP contribution in [0.25, 0.3) is 10.2 Å². The van der Waals surface area contributed by atoms with E-state index in [1.807, 2.05) is 41.4 Å². The first kappa shape index (κ1) is 20.4. The summed E-state index contributed by atoms with van der Waals surface area (Å²) in [6.45, 7) is 7.25. The molecule has 0 unspecified atom stereocenters. The van der Waals surface area contributed by atoms with Crippen LogP contribution >= 0.6 is 11.3 Å². The maximum Gasteiger partial charge on any atom is 0.230 e. The average molecular weight is 435 g/mol. The SMILES string of the molecule is CC[C@H](C(=O)N1CCN(c2nc(C)nc3sc4c(c23)CCCC4)CC1)c1ccccc1. The van der Waals surface area contributed by atoms with Crippen LogP contribution in [0.5, 0.6) is 0 Å². The number of carbonyl (C=O) groups is 1. The number of benzene rings is 1. The number of thiophene rings is 1. The van der Waals surface area contributed by atoms with Crippen LogP contribution in [0.15, 0.2) is 30.3 Å². The summed E-state index contributed by atoms with van der Waals surface area (Å²) in [5.74, 6) is 2.13. The van der Waals surface area contributed by atoms with Crippen molar-refractivity contribution in [2.45, 2.75) is 51.9 Å². The Morgan fingerprint density at radius 2 is 1.81 bits per heavy atom. The molecule has 3 heterocycles. The predicted octanol–water partition coefficient (Wildman–Crippen LogP) is 4.72. The molecule has 1 aliphatic heterocycles. The number of nitrogens with zero attached hydrogens (tertiary/aromatic N) is 4. The standard InChI is InChI=1S/C25H30N4OS/c1-3-19(18-9-5-4-6-10-18)25(30)29-15-13-28(14-16-29)23-22-20-11-7-8-12-21(20)31-24(22)27-17(2)26-23/h4-6,9-10,19H,3,7-8,11-16H2,1-2H3/t19-/m0/s1. The Morgan fingerprint density at radius 3 is 2.55 bits per heavy atom. The van der Waals surface area contributed by atoms with Crippen LogP contribution in [0.4, 0.5) is 5.82 Å². The molecular weight excluding hydrogens is 404 g/mol. The normalized spacial score (nSPS) is 17.6. The Labute approximate surface area is 188 Å². The lowest BCUT2D eigenvalue weighted by atomic mass is 9.94. The van der Waals surface area contributed by atoms with E-state index in [-0.39, 0.29) is 11.8 Å². The number of aryl methyl sites for hydroxylation is 3. The van der Waals surface area contributed by atoms with E-state index in [2.05, 4.69) is 24.0 Å². The molecule has 3 aromatic rings. The van der Waals surface area contributed by atoms with Gasteiger partial charge in [0.1, 0.15) is 16.5 Å². The third-order valence-corrected chi connectivity index (χ3v) is 7.89. The fraction of sp³-hybridized carbons (Fsp3) is 0.480. The second kappa shape index (κ2) is 8.58. The highest BCUT2D eigenvalue weighted by molar-refractivity contribution is 7.19. The summed E-state index contributed by atoms with van der Waals surface area (Å²) in [5.41, 5.74) is 2.60. The van der Waals surface area contributed by atoms with Gasteiger partial charge in [-0.25, -0.2) is 9.97 Å². The monoisotopic (exact) mass is 434 g/mol. The van der Waals surface area contributed by atoms with E-state index in [0.717, 1.165) is 61.1 Å². The minimum Gasteiger partial charge on any atom is -0.352 e. The van der Waals surface area contributed by atoms with E-state index in [1.165, 1.54) is 35.1 Å². The van der Waals surface area contributed by atoms with E-state index >= 15 is 0 Å². The predicted molar refractivity (Wildman–Crippen MR) is 127 cm³/mol. The molecule has 0 bridgehead atoms. The number of hydrogen-bond acceptors (Lipinski definition) is 5. The molecule has 0 radical (unpaired) electrons. The Balaban J connectivity index is 1.37. The lowest BCUT2D eigenvalue weighted by Crippen LogP contribution is -2.50. The topological polar surface area (TPSA) is 49.3 Å². The second-order valence-electron chi connectivity index (χ2n) is 8.67. The van der Waals surface area contributed by atoms with Crippen molar-refractivity contribution in [3.8, 4) is 0 Å². The smallest absolute Gasteiger partial charge is 0.230 e. The van der Waals surface area contributed by atoms with Gasteiger partial charge < -0.3 is 9.80 Å². The maximum absolute atomic E-state index is 13.3. The van der Waals surface area contributed by atoms with E-state index in [4.69, 9.17) is 9.97 Å². The summed E-state index contributed by atoms with van der Waals surface area (Å²) in [7, 11) is 0. The Morgan fingerprint density at radius 1 is 1.06 bits per heavy atom. The molecule has 1 fully saturated rings. The molecule has 31 heavy (non-hydrogen) atoms. The third kappa shape index (κ3) is 3.82. The fourth-order valence-electron chi connectivity index (χ4n) is 5.07. The zero-order valence-corrected chi connectivity index (χ0v) is 19.2. The molecule has 6 heteroatoms. The van der Waals surface area contributed by atoms with Crippen LogP contribution in [-0.2, 0) is 17.6 Å². The molecule has 5 rings (SSSR count). The van der Waals surface area contributed by atoms with Gasteiger partial charge in [0.25, 0.3) is 0 Å². The quantitative estimate of drug-likeness (QED) is 0.596. The Bertz CT molecular complexity index is 1090. The highest BCUT2D eigenvalue weighted by Gasteiger charge is 2.30. The molecule has 5 nitrogen and oxygen atoms in total. The number of fused-ring (bicyclic) bond motifs is 3. The van der Waals surface area contributed by atoms with Crippen molar-refractivity contribution >= 4 is 33.3 Å². The van der Waals surface area contributed by atoms with Crippen molar-refractivity contribution in [1.82, 2.24) is 14.9 Å². The first-order valence-electron chi connectivity index (χ1n) is 11.5. The van der Waals surface area contributed by atoms with Gasteiger partial charge in [0.2, 0.25) is 5.91 Å². The summed E-state index contributed by atoms with van der Waals surface area (Å²) in [6, 6.07) is 10.2. The van der Waals surface area contributed by atoms with Crippen LogP contribution < -0.4 is 4.90 Å². The molecule has 162 valence electrons. The Hall–Kier alpha value is -2.47. The first-order valence-corrected chi connectivity index (χ1v) is 12.3. The minimum atomic E-state index is -0.0513. The molecular formula is C25H30N4OS. The number of aromatic nitrogens is 2. The van der Waals surface area contributed by atoms with Crippen LogP contribution in [-0.4, -0.2) is 47.0 Å². The number of piperazine rings is 1. The molecule has 2 aliphatic rings. The molecule has 1 atom stereocenters. The highest BCUT2D eigenvalue weighted by Crippen LogP contribution is 2.40. The fourth-order valence-corrected chi connectivity index (χ4v) is 6.37. The Kier molecular flexibility index (Phi) is 5.65. The lowest BCUT2D eigenvalue weighted by molar-refractivity contribution is -0.133. The molecule has 0 N–H and O–H groups in total. The minimum absolute atomic E-state index is 0.0513. The summed E-state index contributed by atoms with van der Waals surface area (Å²) >= 11 is 1.86. The van der Waals surface area contributed by atoms with E-state index in [1.54, 1.807) is 0 Å². The molecule has 0 saturated carbocycles. The van der Waals surface area contributed by atoms with E-state index in [9.17, 15) is 4.79 Å². The van der Waals surface area contributed by atoms with E-state index < -0.39 is 0 Å². The molecule has 1 aliphatic carbocycles. The summed E-state index contributed by atoms with van der Waals surface area (Å²) in [4.78, 5) is 30.0. The van der Waals surface area contributed by atoms with Crippen molar-refractivity contribution in [2.75, 3.05) is 31.1 Å². The van der Waals surface area contributed by atoms with Crippen molar-refractivity contribution in [3.63, 3.8) is 0 Å². The van der Waals surface area contributed by atoms with Gasteiger partial charge in [-0.2, -0.15) is 0 Å². The van der Waals surface area contributed by atoms with Crippen molar-refractivity contribution in [2.24, 2.45) is 0 Å². The first-order chi connectivity index (χ1) is 15.2. The number of rotatable bonds is 4.